The van der Waals surface area contributed by atoms with Crippen LogP contribution in [-0.4, -0.2) is 27.4 Å². The van der Waals surface area contributed by atoms with Crippen molar-refractivity contribution >= 4 is 33.9 Å². The Morgan fingerprint density at radius 1 is 0.963 bits per heavy atom. The van der Waals surface area contributed by atoms with Crippen LogP contribution in [0.1, 0.15) is 37.0 Å². The van der Waals surface area contributed by atoms with Crippen molar-refractivity contribution in [2.75, 3.05) is 5.01 Å². The highest BCUT2D eigenvalue weighted by atomic mass is 32.1. The van der Waals surface area contributed by atoms with Crippen LogP contribution < -0.4 is 5.01 Å². The fourth-order valence-corrected chi connectivity index (χ4v) is 3.30. The van der Waals surface area contributed by atoms with Crippen LogP contribution in [0.3, 0.4) is 0 Å². The molecule has 136 valence electrons. The molecule has 1 aromatic carbocycles. The second-order valence-electron chi connectivity index (χ2n) is 5.85. The lowest BCUT2D eigenvalue weighted by molar-refractivity contribution is -0.116. The lowest BCUT2D eigenvalue weighted by Gasteiger charge is -2.13. The number of carbonyl (C=O) groups is 2. The molecular weight excluding hydrogens is 360 g/mol. The van der Waals surface area contributed by atoms with Crippen LogP contribution in [-0.2, 0) is 4.79 Å². The van der Waals surface area contributed by atoms with E-state index in [4.69, 9.17) is 0 Å². The van der Waals surface area contributed by atoms with E-state index in [-0.39, 0.29) is 11.7 Å². The first-order chi connectivity index (χ1) is 13.0. The van der Waals surface area contributed by atoms with E-state index in [0.717, 1.165) is 10.4 Å². The molecule has 0 atom stereocenters. The molecule has 27 heavy (non-hydrogen) atoms. The molecule has 2 aromatic heterocycles. The van der Waals surface area contributed by atoms with Crippen molar-refractivity contribution in [1.82, 2.24) is 9.97 Å². The Kier molecular flexibility index (Phi) is 5.52. The molecule has 0 aliphatic heterocycles. The fourth-order valence-electron chi connectivity index (χ4n) is 2.38. The van der Waals surface area contributed by atoms with Gasteiger partial charge in [0.1, 0.15) is 5.69 Å². The maximum atomic E-state index is 12.1. The molecule has 0 unspecified atom stereocenters. The van der Waals surface area contributed by atoms with E-state index in [1.165, 1.54) is 30.2 Å². The van der Waals surface area contributed by atoms with Crippen LogP contribution >= 0.6 is 11.3 Å². The Morgan fingerprint density at radius 3 is 2.33 bits per heavy atom. The monoisotopic (exact) mass is 378 g/mol. The number of aromatic nitrogens is 2. The highest BCUT2D eigenvalue weighted by Gasteiger charge is 2.17. The molecule has 0 N–H and O–H groups in total. The van der Waals surface area contributed by atoms with E-state index in [0.29, 0.717) is 22.2 Å². The number of hydrogen-bond acceptors (Lipinski definition) is 6. The quantitative estimate of drug-likeness (QED) is 0.379. The summed E-state index contributed by atoms with van der Waals surface area (Å²) in [5.41, 5.74) is 2.44. The molecule has 0 aliphatic carbocycles. The number of amides is 1. The molecule has 1 amide bonds. The molecule has 0 saturated carbocycles. The van der Waals surface area contributed by atoms with Gasteiger partial charge in [0, 0.05) is 20.0 Å². The van der Waals surface area contributed by atoms with E-state index in [1.807, 2.05) is 30.3 Å². The predicted molar refractivity (Wildman–Crippen MR) is 107 cm³/mol. The molecule has 0 radical (unpaired) electrons. The molecule has 3 aromatic rings. The number of hydrazone groups is 1. The van der Waals surface area contributed by atoms with Crippen molar-refractivity contribution in [3.8, 4) is 10.4 Å². The first kappa shape index (κ1) is 18.6. The zero-order chi connectivity index (χ0) is 19.4. The summed E-state index contributed by atoms with van der Waals surface area (Å²) < 4.78 is 0. The summed E-state index contributed by atoms with van der Waals surface area (Å²) in [6.07, 6.45) is 1.73. The van der Waals surface area contributed by atoms with Crippen LogP contribution in [0, 0.1) is 0 Å². The van der Waals surface area contributed by atoms with Gasteiger partial charge >= 0.3 is 0 Å². The van der Waals surface area contributed by atoms with Crippen LogP contribution in [0.15, 0.2) is 59.8 Å². The SMILES string of the molecule is CC(=O)c1cccc(C(C)=NN(C(C)=O)c2ncc(-c3ccccc3)s2)n1. The van der Waals surface area contributed by atoms with E-state index in [1.54, 1.807) is 31.3 Å². The second kappa shape index (κ2) is 8.01. The minimum absolute atomic E-state index is 0.125. The number of nitrogens with zero attached hydrogens (tertiary/aromatic N) is 4. The number of rotatable bonds is 5. The summed E-state index contributed by atoms with van der Waals surface area (Å²) in [5, 5.41) is 6.13. The van der Waals surface area contributed by atoms with Gasteiger partial charge in [-0.1, -0.05) is 47.7 Å². The van der Waals surface area contributed by atoms with Crippen LogP contribution in [0.2, 0.25) is 0 Å². The summed E-state index contributed by atoms with van der Waals surface area (Å²) in [5.74, 6) is -0.383. The number of Topliss-reactive ketones (excluding diaryl/α,β-unsaturated/α-hetero) is 1. The molecular formula is C20H18N4O2S. The first-order valence-electron chi connectivity index (χ1n) is 8.31. The lowest BCUT2D eigenvalue weighted by atomic mass is 10.2. The normalized spacial score (nSPS) is 11.3. The van der Waals surface area contributed by atoms with E-state index < -0.39 is 0 Å². The molecule has 0 spiro atoms. The average molecular weight is 378 g/mol. The third kappa shape index (κ3) is 4.32. The standard InChI is InChI=1S/C20H18N4O2S/c1-13(17-10-7-11-18(22-17)14(2)25)23-24(15(3)26)20-21-12-19(27-20)16-8-5-4-6-9-16/h4-12H,1-3H3. The maximum absolute atomic E-state index is 12.1. The average Bonchev–Trinajstić information content (AvgIpc) is 3.16. The van der Waals surface area contributed by atoms with Crippen LogP contribution in [0.4, 0.5) is 5.13 Å². The van der Waals surface area contributed by atoms with E-state index >= 15 is 0 Å². The highest BCUT2D eigenvalue weighted by Crippen LogP contribution is 2.31. The summed E-state index contributed by atoms with van der Waals surface area (Å²) in [6.45, 7) is 4.63. The lowest BCUT2D eigenvalue weighted by Crippen LogP contribution is -2.24. The molecule has 0 bridgehead atoms. The number of pyridine rings is 1. The van der Waals surface area contributed by atoms with Crippen molar-refractivity contribution < 1.29 is 9.59 Å². The van der Waals surface area contributed by atoms with E-state index in [9.17, 15) is 9.59 Å². The van der Waals surface area contributed by atoms with Gasteiger partial charge in [0.25, 0.3) is 0 Å². The Morgan fingerprint density at radius 2 is 1.67 bits per heavy atom. The maximum Gasteiger partial charge on any atom is 0.246 e. The van der Waals surface area contributed by atoms with Crippen LogP contribution in [0.5, 0.6) is 0 Å². The van der Waals surface area contributed by atoms with Crippen molar-refractivity contribution in [2.45, 2.75) is 20.8 Å². The number of thiazole rings is 1. The second-order valence-corrected chi connectivity index (χ2v) is 6.86. The summed E-state index contributed by atoms with van der Waals surface area (Å²) in [7, 11) is 0. The zero-order valence-corrected chi connectivity index (χ0v) is 16.0. The predicted octanol–water partition coefficient (Wildman–Crippen LogP) is 4.18. The Balaban J connectivity index is 1.93. The zero-order valence-electron chi connectivity index (χ0n) is 15.2. The third-order valence-corrected chi connectivity index (χ3v) is 4.78. The van der Waals surface area contributed by atoms with Gasteiger partial charge in [-0.05, 0) is 24.6 Å². The Bertz CT molecular complexity index is 1010. The topological polar surface area (TPSA) is 75.5 Å². The van der Waals surface area contributed by atoms with Crippen molar-refractivity contribution in [3.05, 3.63) is 66.1 Å². The van der Waals surface area contributed by atoms with Gasteiger partial charge in [-0.25, -0.2) is 9.97 Å². The van der Waals surface area contributed by atoms with Gasteiger partial charge in [-0.3, -0.25) is 9.59 Å². The molecule has 7 heteroatoms. The number of anilines is 1. The van der Waals surface area contributed by atoms with Gasteiger partial charge in [-0.2, -0.15) is 10.1 Å². The third-order valence-electron chi connectivity index (χ3n) is 3.76. The number of carbonyl (C=O) groups excluding carboxylic acids is 2. The Labute approximate surface area is 161 Å². The number of benzene rings is 1. The van der Waals surface area contributed by atoms with E-state index in [2.05, 4.69) is 15.1 Å². The van der Waals surface area contributed by atoms with Gasteiger partial charge in [0.15, 0.2) is 5.78 Å². The number of hydrogen-bond donors (Lipinski definition) is 0. The van der Waals surface area contributed by atoms with Gasteiger partial charge in [0.05, 0.1) is 16.3 Å². The van der Waals surface area contributed by atoms with Crippen molar-refractivity contribution in [2.24, 2.45) is 5.10 Å². The smallest absolute Gasteiger partial charge is 0.246 e. The molecule has 6 nitrogen and oxygen atoms in total. The minimum atomic E-state index is -0.258. The highest BCUT2D eigenvalue weighted by molar-refractivity contribution is 7.19. The van der Waals surface area contributed by atoms with Gasteiger partial charge in [-0.15, -0.1) is 0 Å². The summed E-state index contributed by atoms with van der Waals surface area (Å²) >= 11 is 1.38. The minimum Gasteiger partial charge on any atom is -0.293 e. The molecule has 0 saturated heterocycles. The number of ketones is 1. The van der Waals surface area contributed by atoms with Crippen molar-refractivity contribution in [1.29, 1.82) is 0 Å². The van der Waals surface area contributed by atoms with Gasteiger partial charge < -0.3 is 0 Å². The first-order valence-corrected chi connectivity index (χ1v) is 9.13. The largest absolute Gasteiger partial charge is 0.293 e. The molecule has 0 aliphatic rings. The van der Waals surface area contributed by atoms with Crippen LogP contribution in [0.25, 0.3) is 10.4 Å². The summed E-state index contributed by atoms with van der Waals surface area (Å²) in [4.78, 5) is 33.3. The molecule has 3 rings (SSSR count). The Hall–Kier alpha value is -3.19. The summed E-state index contributed by atoms with van der Waals surface area (Å²) in [6, 6.07) is 15.0. The fraction of sp³-hybridized carbons (Fsp3) is 0.150. The van der Waals surface area contributed by atoms with Gasteiger partial charge in [0.2, 0.25) is 11.0 Å². The molecule has 0 fully saturated rings. The molecule has 2 heterocycles. The van der Waals surface area contributed by atoms with Crippen molar-refractivity contribution in [3.63, 3.8) is 0 Å².